The van der Waals surface area contributed by atoms with E-state index in [-0.39, 0.29) is 12.5 Å². The summed E-state index contributed by atoms with van der Waals surface area (Å²) in [5.74, 6) is 4.63. The average Bonchev–Trinajstić information content (AvgIpc) is 3.30. The molecule has 0 saturated heterocycles. The standard InChI is InChI=1S/C17H20FNO2/c1-2-3-10-19(15-7-8-15)17(21)16-9-6-14(18)12-13(16)5-4-11-20/h6,9,12,15,20H,2-3,7-8,10-11H2,1H3. The summed E-state index contributed by atoms with van der Waals surface area (Å²) in [6, 6.07) is 4.33. The molecule has 0 spiro atoms. The summed E-state index contributed by atoms with van der Waals surface area (Å²) >= 11 is 0. The minimum absolute atomic E-state index is 0.0896. The summed E-state index contributed by atoms with van der Waals surface area (Å²) in [6.07, 6.45) is 4.06. The molecule has 1 fully saturated rings. The Morgan fingerprint density at radius 1 is 1.48 bits per heavy atom. The third-order valence-electron chi connectivity index (χ3n) is 3.52. The van der Waals surface area contributed by atoms with Gasteiger partial charge in [-0.05, 0) is 37.5 Å². The van der Waals surface area contributed by atoms with Crippen LogP contribution in [0, 0.1) is 17.7 Å². The molecule has 1 aliphatic carbocycles. The van der Waals surface area contributed by atoms with Crippen molar-refractivity contribution in [1.82, 2.24) is 4.90 Å². The second-order valence-corrected chi connectivity index (χ2v) is 5.23. The zero-order valence-corrected chi connectivity index (χ0v) is 12.2. The predicted molar refractivity (Wildman–Crippen MR) is 79.3 cm³/mol. The fraction of sp³-hybridized carbons (Fsp3) is 0.471. The predicted octanol–water partition coefficient (Wildman–Crippen LogP) is 2.57. The summed E-state index contributed by atoms with van der Waals surface area (Å²) in [5, 5.41) is 8.79. The van der Waals surface area contributed by atoms with Crippen molar-refractivity contribution in [1.29, 1.82) is 0 Å². The Labute approximate surface area is 124 Å². The number of carbonyl (C=O) groups excluding carboxylic acids is 1. The number of aliphatic hydroxyl groups is 1. The van der Waals surface area contributed by atoms with Crippen molar-refractivity contribution in [2.24, 2.45) is 0 Å². The molecule has 21 heavy (non-hydrogen) atoms. The van der Waals surface area contributed by atoms with Crippen LogP contribution >= 0.6 is 0 Å². The SMILES string of the molecule is CCCCN(C(=O)c1ccc(F)cc1C#CCO)C1CC1. The number of amides is 1. The number of benzene rings is 1. The third kappa shape index (κ3) is 4.05. The lowest BCUT2D eigenvalue weighted by Gasteiger charge is -2.23. The molecule has 0 heterocycles. The van der Waals surface area contributed by atoms with Crippen molar-refractivity contribution in [3.05, 3.63) is 35.1 Å². The Hall–Kier alpha value is -1.86. The minimum atomic E-state index is -0.430. The fourth-order valence-electron chi connectivity index (χ4n) is 2.26. The molecule has 4 heteroatoms. The lowest BCUT2D eigenvalue weighted by atomic mass is 10.1. The number of hydrogen-bond acceptors (Lipinski definition) is 2. The molecule has 1 saturated carbocycles. The molecule has 112 valence electrons. The summed E-state index contributed by atoms with van der Waals surface area (Å²) in [4.78, 5) is 14.6. The van der Waals surface area contributed by atoms with Gasteiger partial charge in [-0.2, -0.15) is 0 Å². The van der Waals surface area contributed by atoms with E-state index >= 15 is 0 Å². The highest BCUT2D eigenvalue weighted by molar-refractivity contribution is 5.97. The van der Waals surface area contributed by atoms with E-state index in [9.17, 15) is 9.18 Å². The number of halogens is 1. The van der Waals surface area contributed by atoms with Crippen LogP contribution in [-0.4, -0.2) is 35.1 Å². The van der Waals surface area contributed by atoms with Crippen LogP contribution in [0.15, 0.2) is 18.2 Å². The van der Waals surface area contributed by atoms with E-state index in [1.165, 1.54) is 18.2 Å². The molecule has 0 atom stereocenters. The van der Waals surface area contributed by atoms with Crippen LogP contribution in [0.4, 0.5) is 4.39 Å². The number of aliphatic hydroxyl groups excluding tert-OH is 1. The number of rotatable bonds is 5. The van der Waals surface area contributed by atoms with Gasteiger partial charge in [0, 0.05) is 18.2 Å². The highest BCUT2D eigenvalue weighted by Gasteiger charge is 2.33. The molecular formula is C17H20FNO2. The second kappa shape index (κ2) is 7.24. The van der Waals surface area contributed by atoms with E-state index in [2.05, 4.69) is 18.8 Å². The molecule has 3 nitrogen and oxygen atoms in total. The van der Waals surface area contributed by atoms with Crippen LogP contribution in [0.25, 0.3) is 0 Å². The van der Waals surface area contributed by atoms with E-state index < -0.39 is 5.82 Å². The van der Waals surface area contributed by atoms with Gasteiger partial charge in [0.15, 0.2) is 0 Å². The molecule has 0 radical (unpaired) electrons. The van der Waals surface area contributed by atoms with E-state index in [0.717, 1.165) is 32.2 Å². The lowest BCUT2D eigenvalue weighted by Crippen LogP contribution is -2.34. The molecule has 0 aromatic heterocycles. The zero-order valence-electron chi connectivity index (χ0n) is 12.2. The van der Waals surface area contributed by atoms with Crippen molar-refractivity contribution in [2.45, 2.75) is 38.6 Å². The largest absolute Gasteiger partial charge is 0.384 e. The van der Waals surface area contributed by atoms with Crippen LogP contribution < -0.4 is 0 Å². The molecule has 1 N–H and O–H groups in total. The first-order valence-corrected chi connectivity index (χ1v) is 7.37. The fourth-order valence-corrected chi connectivity index (χ4v) is 2.26. The van der Waals surface area contributed by atoms with E-state index in [0.29, 0.717) is 17.2 Å². The molecule has 1 amide bonds. The Morgan fingerprint density at radius 3 is 2.86 bits per heavy atom. The Morgan fingerprint density at radius 2 is 2.24 bits per heavy atom. The number of hydrogen-bond donors (Lipinski definition) is 1. The summed E-state index contributed by atoms with van der Waals surface area (Å²) in [6.45, 7) is 2.50. The van der Waals surface area contributed by atoms with E-state index in [4.69, 9.17) is 5.11 Å². The first-order valence-electron chi connectivity index (χ1n) is 7.37. The molecule has 0 unspecified atom stereocenters. The van der Waals surface area contributed by atoms with Crippen molar-refractivity contribution in [3.8, 4) is 11.8 Å². The van der Waals surface area contributed by atoms with Gasteiger partial charge in [-0.15, -0.1) is 0 Å². The van der Waals surface area contributed by atoms with Crippen LogP contribution in [0.1, 0.15) is 48.5 Å². The maximum Gasteiger partial charge on any atom is 0.255 e. The first-order chi connectivity index (χ1) is 10.2. The molecule has 2 rings (SSSR count). The highest BCUT2D eigenvalue weighted by atomic mass is 19.1. The van der Waals surface area contributed by atoms with Gasteiger partial charge < -0.3 is 10.0 Å². The van der Waals surface area contributed by atoms with Gasteiger partial charge in [0.1, 0.15) is 12.4 Å². The van der Waals surface area contributed by atoms with Crippen molar-refractivity contribution < 1.29 is 14.3 Å². The van der Waals surface area contributed by atoms with Gasteiger partial charge in [-0.1, -0.05) is 25.2 Å². The summed E-state index contributed by atoms with van der Waals surface area (Å²) < 4.78 is 13.4. The third-order valence-corrected chi connectivity index (χ3v) is 3.52. The van der Waals surface area contributed by atoms with Crippen LogP contribution in [-0.2, 0) is 0 Å². The van der Waals surface area contributed by atoms with E-state index in [1.54, 1.807) is 0 Å². The first kappa shape index (κ1) is 15.5. The molecule has 0 aliphatic heterocycles. The monoisotopic (exact) mass is 289 g/mol. The Kier molecular flexibility index (Phi) is 5.35. The smallest absolute Gasteiger partial charge is 0.255 e. The summed E-state index contributed by atoms with van der Waals surface area (Å²) in [5.41, 5.74) is 0.761. The van der Waals surface area contributed by atoms with Gasteiger partial charge in [-0.3, -0.25) is 4.79 Å². The zero-order chi connectivity index (χ0) is 15.2. The van der Waals surface area contributed by atoms with Gasteiger partial charge >= 0.3 is 0 Å². The maximum absolute atomic E-state index is 13.4. The average molecular weight is 289 g/mol. The van der Waals surface area contributed by atoms with Crippen LogP contribution in [0.3, 0.4) is 0 Å². The number of nitrogens with zero attached hydrogens (tertiary/aromatic N) is 1. The molecule has 0 bridgehead atoms. The van der Waals surface area contributed by atoms with Gasteiger partial charge in [0.2, 0.25) is 0 Å². The van der Waals surface area contributed by atoms with Crippen molar-refractivity contribution >= 4 is 5.91 Å². The van der Waals surface area contributed by atoms with Crippen molar-refractivity contribution in [2.75, 3.05) is 13.2 Å². The van der Waals surface area contributed by atoms with Crippen molar-refractivity contribution in [3.63, 3.8) is 0 Å². The van der Waals surface area contributed by atoms with Crippen LogP contribution in [0.2, 0.25) is 0 Å². The normalized spacial score (nSPS) is 13.5. The summed E-state index contributed by atoms with van der Waals surface area (Å²) in [7, 11) is 0. The molecule has 1 aromatic rings. The molecule has 1 aliphatic rings. The molecular weight excluding hydrogens is 269 g/mol. The number of unbranched alkanes of at least 4 members (excludes halogenated alkanes) is 1. The van der Waals surface area contributed by atoms with Gasteiger partial charge in [-0.25, -0.2) is 4.39 Å². The number of carbonyl (C=O) groups is 1. The maximum atomic E-state index is 13.4. The van der Waals surface area contributed by atoms with E-state index in [1.807, 2.05) is 4.90 Å². The van der Waals surface area contributed by atoms with Crippen LogP contribution in [0.5, 0.6) is 0 Å². The minimum Gasteiger partial charge on any atom is -0.384 e. The Bertz CT molecular complexity index is 570. The second-order valence-electron chi connectivity index (χ2n) is 5.23. The van der Waals surface area contributed by atoms with Gasteiger partial charge in [0.25, 0.3) is 5.91 Å². The topological polar surface area (TPSA) is 40.5 Å². The van der Waals surface area contributed by atoms with Gasteiger partial charge in [0.05, 0.1) is 5.56 Å². The Balaban J connectivity index is 2.28. The highest BCUT2D eigenvalue weighted by Crippen LogP contribution is 2.29. The molecule has 1 aromatic carbocycles. The lowest BCUT2D eigenvalue weighted by molar-refractivity contribution is 0.0740. The quantitative estimate of drug-likeness (QED) is 0.846.